The Morgan fingerprint density at radius 3 is 2.67 bits per heavy atom. The zero-order valence-electron chi connectivity index (χ0n) is 12.9. The lowest BCUT2D eigenvalue weighted by Gasteiger charge is -2.28. The number of hydrogen-bond donors (Lipinski definition) is 1. The standard InChI is InChI=1S/C15H25N3O3/c1-11(2)18-13(19)15(16-14(18)20)5-6-17(10-15)9-12-3-7-21-8-4-12/h11-12H,3-10H2,1-2H3,(H,16,20)/t15-/m1/s1. The molecule has 0 aliphatic carbocycles. The van der Waals surface area contributed by atoms with E-state index in [4.69, 9.17) is 4.74 Å². The summed E-state index contributed by atoms with van der Waals surface area (Å²) in [7, 11) is 0. The highest BCUT2D eigenvalue weighted by atomic mass is 16.5. The minimum atomic E-state index is -0.674. The first-order valence-corrected chi connectivity index (χ1v) is 7.98. The molecular formula is C15H25N3O3. The molecular weight excluding hydrogens is 270 g/mol. The molecule has 0 aromatic heterocycles. The Balaban J connectivity index is 1.63. The molecule has 3 aliphatic rings. The number of imide groups is 1. The van der Waals surface area contributed by atoms with E-state index in [9.17, 15) is 9.59 Å². The molecule has 6 nitrogen and oxygen atoms in total. The topological polar surface area (TPSA) is 61.9 Å². The number of rotatable bonds is 3. The van der Waals surface area contributed by atoms with Crippen LogP contribution in [0.3, 0.4) is 0 Å². The van der Waals surface area contributed by atoms with Crippen LogP contribution >= 0.6 is 0 Å². The molecule has 0 radical (unpaired) electrons. The molecule has 1 atom stereocenters. The Bertz CT molecular complexity index is 434. The Kier molecular flexibility index (Phi) is 3.92. The van der Waals surface area contributed by atoms with Gasteiger partial charge in [0.2, 0.25) is 0 Å². The van der Waals surface area contributed by atoms with E-state index in [1.54, 1.807) is 0 Å². The second-order valence-electron chi connectivity index (χ2n) is 6.82. The third-order valence-corrected chi connectivity index (χ3v) is 4.92. The highest BCUT2D eigenvalue weighted by molar-refractivity contribution is 6.07. The molecule has 3 amide bonds. The van der Waals surface area contributed by atoms with Crippen molar-refractivity contribution in [2.24, 2.45) is 5.92 Å². The van der Waals surface area contributed by atoms with Crippen LogP contribution in [0.4, 0.5) is 4.79 Å². The third kappa shape index (κ3) is 2.66. The molecule has 118 valence electrons. The van der Waals surface area contributed by atoms with Crippen molar-refractivity contribution in [3.63, 3.8) is 0 Å². The van der Waals surface area contributed by atoms with E-state index in [2.05, 4.69) is 10.2 Å². The predicted octanol–water partition coefficient (Wildman–Crippen LogP) is 0.818. The van der Waals surface area contributed by atoms with Gasteiger partial charge in [-0.2, -0.15) is 0 Å². The van der Waals surface area contributed by atoms with Crippen LogP contribution in [0, 0.1) is 5.92 Å². The number of nitrogens with zero attached hydrogens (tertiary/aromatic N) is 2. The van der Waals surface area contributed by atoms with Crippen LogP contribution in [-0.4, -0.2) is 66.2 Å². The molecule has 0 saturated carbocycles. The van der Waals surface area contributed by atoms with Crippen molar-refractivity contribution in [3.8, 4) is 0 Å². The Labute approximate surface area is 125 Å². The van der Waals surface area contributed by atoms with Gasteiger partial charge in [-0.1, -0.05) is 0 Å². The smallest absolute Gasteiger partial charge is 0.325 e. The highest BCUT2D eigenvalue weighted by Crippen LogP contribution is 2.31. The zero-order valence-corrected chi connectivity index (χ0v) is 12.9. The molecule has 3 heterocycles. The van der Waals surface area contributed by atoms with Gasteiger partial charge in [0.15, 0.2) is 0 Å². The molecule has 6 heteroatoms. The van der Waals surface area contributed by atoms with E-state index >= 15 is 0 Å². The lowest BCUT2D eigenvalue weighted by Crippen LogP contribution is -2.50. The molecule has 1 spiro atoms. The minimum absolute atomic E-state index is 0.0445. The summed E-state index contributed by atoms with van der Waals surface area (Å²) < 4.78 is 5.39. The van der Waals surface area contributed by atoms with E-state index in [1.807, 2.05) is 13.8 Å². The summed E-state index contributed by atoms with van der Waals surface area (Å²) in [6, 6.07) is -0.315. The molecule has 3 aliphatic heterocycles. The lowest BCUT2D eigenvalue weighted by molar-refractivity contribution is -0.132. The second-order valence-corrected chi connectivity index (χ2v) is 6.82. The summed E-state index contributed by atoms with van der Waals surface area (Å²) in [6.45, 7) is 8.00. The number of carbonyl (C=O) groups is 2. The summed E-state index contributed by atoms with van der Waals surface area (Å²) >= 11 is 0. The molecule has 1 N–H and O–H groups in total. The van der Waals surface area contributed by atoms with Gasteiger partial charge in [0, 0.05) is 38.9 Å². The fourth-order valence-corrected chi connectivity index (χ4v) is 3.73. The fraction of sp³-hybridized carbons (Fsp3) is 0.867. The molecule has 0 aromatic rings. The average molecular weight is 295 g/mol. The van der Waals surface area contributed by atoms with Crippen molar-refractivity contribution in [2.75, 3.05) is 32.8 Å². The summed E-state index contributed by atoms with van der Waals surface area (Å²) in [5, 5.41) is 2.95. The van der Waals surface area contributed by atoms with Crippen molar-refractivity contribution in [1.82, 2.24) is 15.1 Å². The maximum atomic E-state index is 12.6. The van der Waals surface area contributed by atoms with Crippen LogP contribution in [0.15, 0.2) is 0 Å². The van der Waals surface area contributed by atoms with Crippen LogP contribution in [0.5, 0.6) is 0 Å². The van der Waals surface area contributed by atoms with Crippen LogP contribution < -0.4 is 5.32 Å². The first-order chi connectivity index (χ1) is 10.0. The van der Waals surface area contributed by atoms with E-state index in [0.29, 0.717) is 12.5 Å². The predicted molar refractivity (Wildman–Crippen MR) is 77.8 cm³/mol. The normalized spacial score (nSPS) is 31.7. The van der Waals surface area contributed by atoms with Crippen molar-refractivity contribution < 1.29 is 14.3 Å². The minimum Gasteiger partial charge on any atom is -0.381 e. The Morgan fingerprint density at radius 1 is 1.33 bits per heavy atom. The van der Waals surface area contributed by atoms with Gasteiger partial charge in [-0.25, -0.2) is 4.79 Å². The molecule has 0 aromatic carbocycles. The first kappa shape index (κ1) is 14.8. The van der Waals surface area contributed by atoms with Gasteiger partial charge >= 0.3 is 6.03 Å². The largest absolute Gasteiger partial charge is 0.381 e. The number of amides is 3. The average Bonchev–Trinajstić information content (AvgIpc) is 2.93. The van der Waals surface area contributed by atoms with Gasteiger partial charge in [-0.3, -0.25) is 9.69 Å². The van der Waals surface area contributed by atoms with Crippen molar-refractivity contribution >= 4 is 11.9 Å². The fourth-order valence-electron chi connectivity index (χ4n) is 3.73. The number of nitrogens with one attached hydrogen (secondary N) is 1. The summed E-state index contributed by atoms with van der Waals surface area (Å²) in [6.07, 6.45) is 2.92. The van der Waals surface area contributed by atoms with E-state index in [1.165, 1.54) is 4.90 Å². The van der Waals surface area contributed by atoms with Crippen LogP contribution in [-0.2, 0) is 9.53 Å². The summed E-state index contributed by atoms with van der Waals surface area (Å²) in [5.41, 5.74) is -0.674. The van der Waals surface area contributed by atoms with Crippen molar-refractivity contribution in [2.45, 2.75) is 44.7 Å². The van der Waals surface area contributed by atoms with E-state index in [0.717, 1.165) is 45.6 Å². The molecule has 0 unspecified atom stereocenters. The molecule has 3 saturated heterocycles. The SMILES string of the molecule is CC(C)N1C(=O)N[C@@]2(CCN(CC3CCOCC3)C2)C1=O. The quantitative estimate of drug-likeness (QED) is 0.783. The maximum Gasteiger partial charge on any atom is 0.325 e. The highest BCUT2D eigenvalue weighted by Gasteiger charge is 2.55. The van der Waals surface area contributed by atoms with Gasteiger partial charge < -0.3 is 15.0 Å². The number of urea groups is 1. The number of likely N-dealkylation sites (tertiary alicyclic amines) is 1. The third-order valence-electron chi connectivity index (χ3n) is 4.92. The van der Waals surface area contributed by atoms with E-state index in [-0.39, 0.29) is 18.0 Å². The second kappa shape index (κ2) is 5.57. The van der Waals surface area contributed by atoms with E-state index < -0.39 is 5.54 Å². The zero-order chi connectivity index (χ0) is 15.0. The van der Waals surface area contributed by atoms with Crippen molar-refractivity contribution in [3.05, 3.63) is 0 Å². The number of ether oxygens (including phenoxy) is 1. The number of hydrogen-bond acceptors (Lipinski definition) is 4. The summed E-state index contributed by atoms with van der Waals surface area (Å²) in [4.78, 5) is 28.4. The van der Waals surface area contributed by atoms with Gasteiger partial charge in [0.25, 0.3) is 5.91 Å². The van der Waals surface area contributed by atoms with Crippen LogP contribution in [0.2, 0.25) is 0 Å². The van der Waals surface area contributed by atoms with Gasteiger partial charge in [-0.05, 0) is 39.0 Å². The molecule has 0 bridgehead atoms. The maximum absolute atomic E-state index is 12.6. The van der Waals surface area contributed by atoms with Crippen molar-refractivity contribution in [1.29, 1.82) is 0 Å². The van der Waals surface area contributed by atoms with Gasteiger partial charge in [0.05, 0.1) is 0 Å². The Morgan fingerprint density at radius 2 is 2.05 bits per heavy atom. The van der Waals surface area contributed by atoms with Gasteiger partial charge in [-0.15, -0.1) is 0 Å². The van der Waals surface area contributed by atoms with Crippen LogP contribution in [0.25, 0.3) is 0 Å². The molecule has 3 fully saturated rings. The first-order valence-electron chi connectivity index (χ1n) is 7.98. The molecule has 3 rings (SSSR count). The van der Waals surface area contributed by atoms with Crippen LogP contribution in [0.1, 0.15) is 33.1 Å². The van der Waals surface area contributed by atoms with Gasteiger partial charge in [0.1, 0.15) is 5.54 Å². The monoisotopic (exact) mass is 295 g/mol. The number of carbonyl (C=O) groups excluding carboxylic acids is 2. The summed E-state index contributed by atoms with van der Waals surface area (Å²) in [5.74, 6) is 0.610. The molecule has 21 heavy (non-hydrogen) atoms. The Hall–Kier alpha value is -1.14. The lowest BCUT2D eigenvalue weighted by atomic mass is 9.98.